The highest BCUT2D eigenvalue weighted by Gasteiger charge is 2.20. The molecule has 0 aliphatic rings. The number of nitro groups is 1. The fourth-order valence-electron chi connectivity index (χ4n) is 1.55. The molecular weight excluding hydrogens is 411 g/mol. The molecule has 9 heteroatoms. The van der Waals surface area contributed by atoms with Gasteiger partial charge in [0.1, 0.15) is 16.4 Å². The molecule has 7 nitrogen and oxygen atoms in total. The van der Waals surface area contributed by atoms with E-state index < -0.39 is 19.8 Å². The van der Waals surface area contributed by atoms with Crippen molar-refractivity contribution < 1.29 is 18.1 Å². The molecule has 21 heavy (non-hydrogen) atoms. The minimum Gasteiger partial charge on any atom is -0.456 e. The second-order valence-electron chi connectivity index (χ2n) is 3.99. The lowest BCUT2D eigenvalue weighted by atomic mass is 10.3. The van der Waals surface area contributed by atoms with Crippen LogP contribution in [0.15, 0.2) is 47.4 Å². The van der Waals surface area contributed by atoms with E-state index in [1.807, 2.05) is 0 Å². The van der Waals surface area contributed by atoms with Crippen LogP contribution < -0.4 is 9.88 Å². The Morgan fingerprint density at radius 2 is 1.76 bits per heavy atom. The molecule has 0 saturated heterocycles. The molecule has 0 radical (unpaired) electrons. The Morgan fingerprint density at radius 3 is 2.29 bits per heavy atom. The molecule has 2 aromatic carbocycles. The number of primary sulfonamides is 1. The Balaban J connectivity index is 2.48. The summed E-state index contributed by atoms with van der Waals surface area (Å²) in [6, 6.07) is 10.1. The van der Waals surface area contributed by atoms with E-state index in [1.54, 1.807) is 24.3 Å². The number of nitrogens with zero attached hydrogens (tertiary/aromatic N) is 1. The van der Waals surface area contributed by atoms with E-state index in [-0.39, 0.29) is 11.4 Å². The van der Waals surface area contributed by atoms with Gasteiger partial charge in [-0.3, -0.25) is 10.1 Å². The molecule has 0 bridgehead atoms. The predicted octanol–water partition coefficient (Wildman–Crippen LogP) is 2.64. The van der Waals surface area contributed by atoms with E-state index in [9.17, 15) is 18.5 Å². The first-order valence-corrected chi connectivity index (χ1v) is 8.14. The largest absolute Gasteiger partial charge is 0.456 e. The third-order valence-electron chi connectivity index (χ3n) is 2.49. The van der Waals surface area contributed by atoms with Crippen LogP contribution in [0.3, 0.4) is 0 Å². The molecule has 2 N–H and O–H groups in total. The number of hydrogen-bond acceptors (Lipinski definition) is 5. The lowest BCUT2D eigenvalue weighted by Crippen LogP contribution is -2.13. The summed E-state index contributed by atoms with van der Waals surface area (Å²) in [5.74, 6) is 0.332. The third-order valence-corrected chi connectivity index (χ3v) is 4.14. The fraction of sp³-hybridized carbons (Fsp3) is 0. The van der Waals surface area contributed by atoms with Crippen LogP contribution in [-0.2, 0) is 10.0 Å². The second-order valence-corrected chi connectivity index (χ2v) is 6.76. The zero-order valence-corrected chi connectivity index (χ0v) is 13.4. The Bertz CT molecular complexity index is 790. The minimum absolute atomic E-state index is 0.0655. The van der Waals surface area contributed by atoms with Crippen molar-refractivity contribution in [2.75, 3.05) is 0 Å². The van der Waals surface area contributed by atoms with Crippen LogP contribution in [0.2, 0.25) is 0 Å². The quantitative estimate of drug-likeness (QED) is 0.464. The van der Waals surface area contributed by atoms with Crippen LogP contribution >= 0.6 is 22.6 Å². The standard InChI is InChI=1S/C12H9IN2O5S/c13-8-1-4-10(5-2-8)20-11-6-3-9(15(16)17)7-12(11)21(14,18)19/h1-7H,(H2,14,18,19). The van der Waals surface area contributed by atoms with Crippen molar-refractivity contribution in [3.8, 4) is 11.5 Å². The van der Waals surface area contributed by atoms with E-state index in [0.717, 1.165) is 15.7 Å². The van der Waals surface area contributed by atoms with Gasteiger partial charge >= 0.3 is 0 Å². The highest BCUT2D eigenvalue weighted by molar-refractivity contribution is 14.1. The minimum atomic E-state index is -4.15. The first-order chi connectivity index (χ1) is 9.77. The molecule has 0 amide bonds. The van der Waals surface area contributed by atoms with Gasteiger partial charge in [0.05, 0.1) is 4.92 Å². The highest BCUT2D eigenvalue weighted by Crippen LogP contribution is 2.31. The zero-order valence-electron chi connectivity index (χ0n) is 10.4. The monoisotopic (exact) mass is 420 g/mol. The maximum atomic E-state index is 11.5. The van der Waals surface area contributed by atoms with Crippen molar-refractivity contribution in [3.63, 3.8) is 0 Å². The Morgan fingerprint density at radius 1 is 1.14 bits per heavy atom. The fourth-order valence-corrected chi connectivity index (χ4v) is 2.58. The molecule has 0 aliphatic heterocycles. The van der Waals surface area contributed by atoms with Gasteiger partial charge in [-0.25, -0.2) is 13.6 Å². The maximum absolute atomic E-state index is 11.5. The van der Waals surface area contributed by atoms with Crippen molar-refractivity contribution in [1.82, 2.24) is 0 Å². The van der Waals surface area contributed by atoms with Crippen LogP contribution in [-0.4, -0.2) is 13.3 Å². The van der Waals surface area contributed by atoms with E-state index in [4.69, 9.17) is 9.88 Å². The lowest BCUT2D eigenvalue weighted by Gasteiger charge is -2.09. The summed E-state index contributed by atoms with van der Waals surface area (Å²) in [4.78, 5) is 9.58. The van der Waals surface area contributed by atoms with Crippen LogP contribution in [0.5, 0.6) is 11.5 Å². The summed E-state index contributed by atoms with van der Waals surface area (Å²) in [5.41, 5.74) is -0.381. The highest BCUT2D eigenvalue weighted by atomic mass is 127. The molecule has 0 saturated carbocycles. The van der Waals surface area contributed by atoms with Crippen LogP contribution in [0, 0.1) is 13.7 Å². The normalized spacial score (nSPS) is 11.1. The SMILES string of the molecule is NS(=O)(=O)c1cc([N+](=O)[O-])ccc1Oc1ccc(I)cc1. The molecule has 110 valence electrons. The summed E-state index contributed by atoms with van der Waals surface area (Å²) in [6.07, 6.45) is 0. The summed E-state index contributed by atoms with van der Waals surface area (Å²) in [6.45, 7) is 0. The van der Waals surface area contributed by atoms with Crippen molar-refractivity contribution in [1.29, 1.82) is 0 Å². The number of sulfonamides is 1. The molecule has 0 aromatic heterocycles. The Kier molecular flexibility index (Phi) is 4.44. The summed E-state index contributed by atoms with van der Waals surface area (Å²) in [5, 5.41) is 15.8. The van der Waals surface area contributed by atoms with Crippen LogP contribution in [0.4, 0.5) is 5.69 Å². The van der Waals surface area contributed by atoms with Crippen molar-refractivity contribution >= 4 is 38.3 Å². The number of nitrogens with two attached hydrogens (primary N) is 1. The summed E-state index contributed by atoms with van der Waals surface area (Å²) in [7, 11) is -4.15. The smallest absolute Gasteiger partial charge is 0.271 e. The molecule has 0 heterocycles. The van der Waals surface area contributed by atoms with Crippen LogP contribution in [0.25, 0.3) is 0 Å². The van der Waals surface area contributed by atoms with Gasteiger partial charge in [-0.1, -0.05) is 0 Å². The Hall–Kier alpha value is -1.72. The average molecular weight is 420 g/mol. The number of nitro benzene ring substituents is 1. The van der Waals surface area contributed by atoms with Crippen molar-refractivity contribution in [3.05, 3.63) is 56.1 Å². The molecule has 0 unspecified atom stereocenters. The van der Waals surface area contributed by atoms with Gasteiger partial charge < -0.3 is 4.74 Å². The molecule has 2 rings (SSSR count). The Labute approximate surface area is 134 Å². The first kappa shape index (κ1) is 15.7. The number of non-ortho nitro benzene ring substituents is 1. The van der Waals surface area contributed by atoms with Gasteiger partial charge in [-0.2, -0.15) is 0 Å². The number of ether oxygens (including phenoxy) is 1. The van der Waals surface area contributed by atoms with E-state index >= 15 is 0 Å². The summed E-state index contributed by atoms with van der Waals surface area (Å²) < 4.78 is 29.5. The molecule has 0 fully saturated rings. The van der Waals surface area contributed by atoms with E-state index in [2.05, 4.69) is 22.6 Å². The van der Waals surface area contributed by atoms with Gasteiger partial charge in [0, 0.05) is 15.7 Å². The number of halogens is 1. The molecule has 0 spiro atoms. The zero-order chi connectivity index (χ0) is 15.6. The van der Waals surface area contributed by atoms with Gasteiger partial charge in [0.15, 0.2) is 0 Å². The van der Waals surface area contributed by atoms with Gasteiger partial charge in [-0.15, -0.1) is 0 Å². The molecule has 2 aromatic rings. The number of benzene rings is 2. The first-order valence-electron chi connectivity index (χ1n) is 5.52. The maximum Gasteiger partial charge on any atom is 0.271 e. The number of rotatable bonds is 4. The van der Waals surface area contributed by atoms with Gasteiger partial charge in [0.2, 0.25) is 10.0 Å². The lowest BCUT2D eigenvalue weighted by molar-refractivity contribution is -0.385. The van der Waals surface area contributed by atoms with Crippen molar-refractivity contribution in [2.45, 2.75) is 4.90 Å². The van der Waals surface area contributed by atoms with Gasteiger partial charge in [0.25, 0.3) is 5.69 Å². The number of hydrogen-bond donors (Lipinski definition) is 1. The average Bonchev–Trinajstić information content (AvgIpc) is 2.40. The van der Waals surface area contributed by atoms with E-state index in [0.29, 0.717) is 5.75 Å². The van der Waals surface area contributed by atoms with E-state index in [1.165, 1.54) is 6.07 Å². The third kappa shape index (κ3) is 3.89. The summed E-state index contributed by atoms with van der Waals surface area (Å²) >= 11 is 2.11. The second kappa shape index (κ2) is 5.95. The molecule has 0 aliphatic carbocycles. The molecule has 0 atom stereocenters. The van der Waals surface area contributed by atoms with Gasteiger partial charge in [-0.05, 0) is 52.9 Å². The predicted molar refractivity (Wildman–Crippen MR) is 83.7 cm³/mol. The van der Waals surface area contributed by atoms with Crippen LogP contribution in [0.1, 0.15) is 0 Å². The topological polar surface area (TPSA) is 113 Å². The van der Waals surface area contributed by atoms with Crippen molar-refractivity contribution in [2.24, 2.45) is 5.14 Å². The molecular formula is C12H9IN2O5S.